The van der Waals surface area contributed by atoms with Crippen LogP contribution in [0.1, 0.15) is 19.4 Å². The molecule has 1 N–H and O–H groups in total. The Labute approximate surface area is 121 Å². The van der Waals surface area contributed by atoms with Crippen molar-refractivity contribution in [3.8, 4) is 11.9 Å². The van der Waals surface area contributed by atoms with Crippen molar-refractivity contribution in [3.63, 3.8) is 0 Å². The van der Waals surface area contributed by atoms with Gasteiger partial charge in [-0.05, 0) is 13.8 Å². The quantitative estimate of drug-likeness (QED) is 0.651. The van der Waals surface area contributed by atoms with Gasteiger partial charge >= 0.3 is 0 Å². The predicted molar refractivity (Wildman–Crippen MR) is 72.9 cm³/mol. The minimum Gasteiger partial charge on any atom is -0.474 e. The summed E-state index contributed by atoms with van der Waals surface area (Å²) in [5.41, 5.74) is -0.490. The first kappa shape index (κ1) is 15.2. The molecule has 1 fully saturated rings. The minimum atomic E-state index is -0.603. The second-order valence-electron chi connectivity index (χ2n) is 5.36. The van der Waals surface area contributed by atoms with Crippen molar-refractivity contribution < 1.29 is 14.4 Å². The molecule has 2 rings (SSSR count). The van der Waals surface area contributed by atoms with Crippen LogP contribution in [0.4, 0.5) is 5.69 Å². The number of nitro groups is 1. The van der Waals surface area contributed by atoms with Crippen molar-refractivity contribution in [2.45, 2.75) is 25.6 Å². The minimum absolute atomic E-state index is 0.0345. The van der Waals surface area contributed by atoms with E-state index >= 15 is 0 Å². The third kappa shape index (κ3) is 3.87. The Morgan fingerprint density at radius 3 is 3.10 bits per heavy atom. The maximum atomic E-state index is 10.6. The molecule has 0 bridgehead atoms. The predicted octanol–water partition coefficient (Wildman–Crippen LogP) is 1.01. The molecule has 0 aliphatic carbocycles. The molecule has 0 amide bonds. The third-order valence-electron chi connectivity index (χ3n) is 2.98. The number of nitriles is 1. The molecule has 1 atom stereocenters. The number of nitrogens with one attached hydrogen (secondary N) is 1. The Morgan fingerprint density at radius 1 is 1.71 bits per heavy atom. The average Bonchev–Trinajstić information content (AvgIpc) is 2.43. The fourth-order valence-electron chi connectivity index (χ4n) is 2.07. The van der Waals surface area contributed by atoms with Gasteiger partial charge < -0.3 is 14.8 Å². The summed E-state index contributed by atoms with van der Waals surface area (Å²) in [6.07, 6.45) is 0.900. The van der Waals surface area contributed by atoms with Gasteiger partial charge in [0.15, 0.2) is 0 Å². The van der Waals surface area contributed by atoms with Crippen molar-refractivity contribution in [1.82, 2.24) is 10.3 Å². The SMILES string of the molecule is CC1(C)CNCC(COc2ncc([N+](=O)[O-])cc2C#N)O1. The van der Waals surface area contributed by atoms with Gasteiger partial charge in [0.1, 0.15) is 30.5 Å². The summed E-state index contributed by atoms with van der Waals surface area (Å²) < 4.78 is 11.3. The van der Waals surface area contributed by atoms with Crippen LogP contribution in [0.2, 0.25) is 0 Å². The zero-order valence-electron chi connectivity index (χ0n) is 11.8. The summed E-state index contributed by atoms with van der Waals surface area (Å²) in [6.45, 7) is 5.55. The molecule has 0 aromatic carbocycles. The fourth-order valence-corrected chi connectivity index (χ4v) is 2.07. The van der Waals surface area contributed by atoms with E-state index in [9.17, 15) is 10.1 Å². The van der Waals surface area contributed by atoms with E-state index in [-0.39, 0.29) is 35.4 Å². The maximum Gasteiger partial charge on any atom is 0.289 e. The highest BCUT2D eigenvalue weighted by Crippen LogP contribution is 2.21. The van der Waals surface area contributed by atoms with Crippen LogP contribution in [-0.2, 0) is 4.74 Å². The topological polar surface area (TPSA) is 110 Å². The van der Waals surface area contributed by atoms with Gasteiger partial charge in [-0.15, -0.1) is 0 Å². The van der Waals surface area contributed by atoms with Crippen molar-refractivity contribution in [3.05, 3.63) is 27.9 Å². The molecule has 1 aliphatic heterocycles. The summed E-state index contributed by atoms with van der Waals surface area (Å²) in [5.74, 6) is 0.0788. The number of morpholine rings is 1. The van der Waals surface area contributed by atoms with Crippen LogP contribution in [0.15, 0.2) is 12.3 Å². The second kappa shape index (κ2) is 6.03. The highest BCUT2D eigenvalue weighted by Gasteiger charge is 2.29. The molecule has 1 aromatic heterocycles. The lowest BCUT2D eigenvalue weighted by Gasteiger charge is -2.36. The molecule has 2 heterocycles. The number of hydrogen-bond donors (Lipinski definition) is 1. The Bertz CT molecular complexity index is 582. The van der Waals surface area contributed by atoms with E-state index in [1.807, 2.05) is 19.9 Å². The molecule has 0 radical (unpaired) electrons. The number of ether oxygens (including phenoxy) is 2. The number of hydrogen-bond acceptors (Lipinski definition) is 7. The molecule has 0 spiro atoms. The second-order valence-corrected chi connectivity index (χ2v) is 5.36. The molecule has 112 valence electrons. The normalized spacial score (nSPS) is 20.5. The third-order valence-corrected chi connectivity index (χ3v) is 2.98. The van der Waals surface area contributed by atoms with Gasteiger partial charge in [0.2, 0.25) is 5.88 Å². The summed E-state index contributed by atoms with van der Waals surface area (Å²) in [5, 5.41) is 22.9. The number of rotatable bonds is 4. The molecular weight excluding hydrogens is 276 g/mol. The molecule has 0 saturated carbocycles. The van der Waals surface area contributed by atoms with E-state index in [0.717, 1.165) is 18.8 Å². The van der Waals surface area contributed by atoms with Crippen LogP contribution in [-0.4, -0.2) is 41.3 Å². The van der Waals surface area contributed by atoms with Crippen molar-refractivity contribution in [1.29, 1.82) is 5.26 Å². The Kier molecular flexibility index (Phi) is 4.35. The van der Waals surface area contributed by atoms with Gasteiger partial charge in [-0.3, -0.25) is 10.1 Å². The first-order valence-electron chi connectivity index (χ1n) is 6.47. The molecule has 8 heteroatoms. The van der Waals surface area contributed by atoms with Gasteiger partial charge in [0, 0.05) is 19.2 Å². The van der Waals surface area contributed by atoms with Crippen molar-refractivity contribution in [2.24, 2.45) is 0 Å². The van der Waals surface area contributed by atoms with Crippen molar-refractivity contribution in [2.75, 3.05) is 19.7 Å². The number of nitrogens with zero attached hydrogens (tertiary/aromatic N) is 3. The summed E-state index contributed by atoms with van der Waals surface area (Å²) >= 11 is 0. The van der Waals surface area contributed by atoms with E-state index in [1.165, 1.54) is 0 Å². The summed E-state index contributed by atoms with van der Waals surface area (Å²) in [7, 11) is 0. The van der Waals surface area contributed by atoms with Crippen LogP contribution < -0.4 is 10.1 Å². The molecule has 8 nitrogen and oxygen atoms in total. The summed E-state index contributed by atoms with van der Waals surface area (Å²) in [6, 6.07) is 2.99. The molecule has 21 heavy (non-hydrogen) atoms. The van der Waals surface area contributed by atoms with E-state index in [1.54, 1.807) is 0 Å². The van der Waals surface area contributed by atoms with Crippen LogP contribution in [0.3, 0.4) is 0 Å². The van der Waals surface area contributed by atoms with Gasteiger partial charge in [0.05, 0.1) is 10.5 Å². The fraction of sp³-hybridized carbons (Fsp3) is 0.538. The van der Waals surface area contributed by atoms with Gasteiger partial charge in [0.25, 0.3) is 5.69 Å². The highest BCUT2D eigenvalue weighted by atomic mass is 16.6. The van der Waals surface area contributed by atoms with E-state index in [2.05, 4.69) is 10.3 Å². The highest BCUT2D eigenvalue weighted by molar-refractivity contribution is 5.44. The lowest BCUT2D eigenvalue weighted by atomic mass is 10.1. The van der Waals surface area contributed by atoms with Crippen LogP contribution in [0.25, 0.3) is 0 Å². The largest absolute Gasteiger partial charge is 0.474 e. The van der Waals surface area contributed by atoms with E-state index in [0.29, 0.717) is 6.54 Å². The molecule has 1 saturated heterocycles. The molecule has 1 unspecified atom stereocenters. The van der Waals surface area contributed by atoms with Gasteiger partial charge in [-0.25, -0.2) is 4.98 Å². The average molecular weight is 292 g/mol. The molecule has 1 aliphatic rings. The molecular formula is C13H16N4O4. The van der Waals surface area contributed by atoms with Crippen LogP contribution in [0.5, 0.6) is 5.88 Å². The lowest BCUT2D eigenvalue weighted by molar-refractivity contribution is -0.385. The van der Waals surface area contributed by atoms with Gasteiger partial charge in [-0.2, -0.15) is 5.26 Å². The smallest absolute Gasteiger partial charge is 0.289 e. The zero-order valence-corrected chi connectivity index (χ0v) is 11.8. The number of pyridine rings is 1. The zero-order chi connectivity index (χ0) is 15.5. The first-order chi connectivity index (χ1) is 9.91. The monoisotopic (exact) mass is 292 g/mol. The lowest BCUT2D eigenvalue weighted by Crippen LogP contribution is -2.52. The Morgan fingerprint density at radius 2 is 2.48 bits per heavy atom. The summed E-state index contributed by atoms with van der Waals surface area (Å²) in [4.78, 5) is 13.9. The number of aromatic nitrogens is 1. The van der Waals surface area contributed by atoms with E-state index in [4.69, 9.17) is 14.7 Å². The van der Waals surface area contributed by atoms with Crippen LogP contribution in [0, 0.1) is 21.4 Å². The Hall–Kier alpha value is -2.24. The molecule has 1 aromatic rings. The Balaban J connectivity index is 2.03. The standard InChI is InChI=1S/C13H16N4O4/c1-13(2)8-15-6-11(21-13)7-20-12-9(4-14)3-10(5-16-12)17(18)19/h3,5,11,15H,6-8H2,1-2H3. The van der Waals surface area contributed by atoms with Crippen molar-refractivity contribution >= 4 is 5.69 Å². The van der Waals surface area contributed by atoms with E-state index < -0.39 is 4.92 Å². The van der Waals surface area contributed by atoms with Crippen LogP contribution >= 0.6 is 0 Å². The maximum absolute atomic E-state index is 10.6. The van der Waals surface area contributed by atoms with Gasteiger partial charge in [-0.1, -0.05) is 0 Å². The first-order valence-corrected chi connectivity index (χ1v) is 6.47.